The van der Waals surface area contributed by atoms with E-state index < -0.39 is 0 Å². The van der Waals surface area contributed by atoms with Crippen LogP contribution in [0.25, 0.3) is 10.9 Å². The minimum Gasteiger partial charge on any atom is -0.369 e. The van der Waals surface area contributed by atoms with Crippen LogP contribution in [-0.4, -0.2) is 16.5 Å². The zero-order valence-corrected chi connectivity index (χ0v) is 16.5. The molecule has 0 amide bonds. The molecule has 1 N–H and O–H groups in total. The molecule has 0 atom stereocenters. The predicted octanol–water partition coefficient (Wildman–Crippen LogP) is 6.92. The van der Waals surface area contributed by atoms with Gasteiger partial charge in [0.2, 0.25) is 5.28 Å². The minimum atomic E-state index is 0.307. The molecule has 0 aliphatic heterocycles. The summed E-state index contributed by atoms with van der Waals surface area (Å²) in [6.07, 6.45) is 13.5. The molecule has 0 radical (unpaired) electrons. The molecular formula is C21H32ClN3. The third-order valence-electron chi connectivity index (χ3n) is 4.65. The Morgan fingerprint density at radius 1 is 0.880 bits per heavy atom. The summed E-state index contributed by atoms with van der Waals surface area (Å²) in [5.41, 5.74) is 2.11. The number of aromatic nitrogens is 2. The van der Waals surface area contributed by atoms with Crippen LogP contribution >= 0.6 is 11.6 Å². The third kappa shape index (κ3) is 7.19. The second kappa shape index (κ2) is 11.3. The van der Waals surface area contributed by atoms with E-state index in [0.717, 1.165) is 23.3 Å². The molecular weight excluding hydrogens is 330 g/mol. The normalized spacial score (nSPS) is 11.2. The van der Waals surface area contributed by atoms with Gasteiger partial charge >= 0.3 is 0 Å². The van der Waals surface area contributed by atoms with Crippen molar-refractivity contribution >= 4 is 28.3 Å². The van der Waals surface area contributed by atoms with Crippen molar-refractivity contribution in [2.24, 2.45) is 0 Å². The molecule has 3 nitrogen and oxygen atoms in total. The van der Waals surface area contributed by atoms with Crippen LogP contribution in [0.3, 0.4) is 0 Å². The second-order valence-electron chi connectivity index (χ2n) is 6.97. The zero-order chi connectivity index (χ0) is 17.9. The Bertz CT molecular complexity index is 642. The van der Waals surface area contributed by atoms with Crippen molar-refractivity contribution in [1.82, 2.24) is 9.97 Å². The Kier molecular flexibility index (Phi) is 9.03. The Labute approximate surface area is 157 Å². The van der Waals surface area contributed by atoms with Gasteiger partial charge in [0.05, 0.1) is 5.52 Å². The van der Waals surface area contributed by atoms with Gasteiger partial charge in [-0.25, -0.2) is 9.97 Å². The van der Waals surface area contributed by atoms with E-state index in [2.05, 4.69) is 41.3 Å². The molecule has 0 aliphatic carbocycles. The highest BCUT2D eigenvalue weighted by Crippen LogP contribution is 2.23. The number of benzene rings is 1. The second-order valence-corrected chi connectivity index (χ2v) is 7.31. The maximum Gasteiger partial charge on any atom is 0.224 e. The van der Waals surface area contributed by atoms with E-state index >= 15 is 0 Å². The lowest BCUT2D eigenvalue weighted by atomic mass is 10.1. The first-order valence-corrected chi connectivity index (χ1v) is 10.3. The molecule has 0 saturated carbocycles. The first-order valence-electron chi connectivity index (χ1n) is 9.88. The van der Waals surface area contributed by atoms with Crippen LogP contribution in [0.15, 0.2) is 18.2 Å². The fourth-order valence-electron chi connectivity index (χ4n) is 3.17. The fraction of sp³-hybridized carbons (Fsp3) is 0.619. The van der Waals surface area contributed by atoms with Crippen molar-refractivity contribution in [2.45, 2.75) is 78.1 Å². The van der Waals surface area contributed by atoms with E-state index in [0.29, 0.717) is 5.28 Å². The van der Waals surface area contributed by atoms with Gasteiger partial charge < -0.3 is 5.32 Å². The summed E-state index contributed by atoms with van der Waals surface area (Å²) in [5.74, 6) is 0.856. The monoisotopic (exact) mass is 361 g/mol. The topological polar surface area (TPSA) is 37.8 Å². The van der Waals surface area contributed by atoms with Crippen LogP contribution in [0.5, 0.6) is 0 Å². The number of unbranched alkanes of at least 4 members (excludes halogenated alkanes) is 9. The van der Waals surface area contributed by atoms with E-state index in [1.54, 1.807) is 0 Å². The molecule has 4 heteroatoms. The largest absolute Gasteiger partial charge is 0.369 e. The number of fused-ring (bicyclic) bond motifs is 1. The minimum absolute atomic E-state index is 0.307. The quantitative estimate of drug-likeness (QED) is 0.329. The lowest BCUT2D eigenvalue weighted by molar-refractivity contribution is 0.560. The van der Waals surface area contributed by atoms with Gasteiger partial charge in [-0.3, -0.25) is 0 Å². The highest BCUT2D eigenvalue weighted by atomic mass is 35.5. The van der Waals surface area contributed by atoms with E-state index in [1.165, 1.54) is 69.8 Å². The van der Waals surface area contributed by atoms with Gasteiger partial charge in [-0.2, -0.15) is 0 Å². The first kappa shape index (κ1) is 20.0. The van der Waals surface area contributed by atoms with Crippen molar-refractivity contribution in [3.05, 3.63) is 29.0 Å². The van der Waals surface area contributed by atoms with Crippen molar-refractivity contribution in [3.8, 4) is 0 Å². The van der Waals surface area contributed by atoms with Gasteiger partial charge in [0.1, 0.15) is 5.82 Å². The van der Waals surface area contributed by atoms with Crippen LogP contribution in [0.2, 0.25) is 5.28 Å². The van der Waals surface area contributed by atoms with Crippen LogP contribution in [0.1, 0.15) is 76.7 Å². The molecule has 0 unspecified atom stereocenters. The van der Waals surface area contributed by atoms with Crippen molar-refractivity contribution in [2.75, 3.05) is 11.9 Å². The highest BCUT2D eigenvalue weighted by Gasteiger charge is 2.06. The van der Waals surface area contributed by atoms with Crippen molar-refractivity contribution in [1.29, 1.82) is 0 Å². The van der Waals surface area contributed by atoms with Crippen LogP contribution in [0.4, 0.5) is 5.82 Å². The van der Waals surface area contributed by atoms with Crippen LogP contribution in [0, 0.1) is 6.92 Å². The number of hydrogen-bond donors (Lipinski definition) is 1. The Morgan fingerprint density at radius 2 is 1.52 bits per heavy atom. The van der Waals surface area contributed by atoms with Gasteiger partial charge in [0.15, 0.2) is 0 Å². The van der Waals surface area contributed by atoms with E-state index in [-0.39, 0.29) is 0 Å². The molecule has 138 valence electrons. The Morgan fingerprint density at radius 3 is 2.20 bits per heavy atom. The van der Waals surface area contributed by atoms with E-state index in [9.17, 15) is 0 Å². The average Bonchev–Trinajstić information content (AvgIpc) is 2.60. The van der Waals surface area contributed by atoms with E-state index in [1.807, 2.05) is 6.07 Å². The Hall–Kier alpha value is -1.35. The van der Waals surface area contributed by atoms with Gasteiger partial charge in [-0.15, -0.1) is 0 Å². The Balaban J connectivity index is 1.65. The number of hydrogen-bond acceptors (Lipinski definition) is 3. The molecule has 1 aromatic heterocycles. The van der Waals surface area contributed by atoms with Crippen LogP contribution in [-0.2, 0) is 0 Å². The SMILES string of the molecule is CCCCCCCCCCCCNc1nc(Cl)nc2ccc(C)cc12. The zero-order valence-electron chi connectivity index (χ0n) is 15.8. The summed E-state index contributed by atoms with van der Waals surface area (Å²) in [5, 5.41) is 4.81. The molecule has 1 aromatic carbocycles. The molecule has 25 heavy (non-hydrogen) atoms. The maximum absolute atomic E-state index is 6.04. The fourth-order valence-corrected chi connectivity index (χ4v) is 3.34. The summed E-state index contributed by atoms with van der Waals surface area (Å²) in [6, 6.07) is 6.17. The molecule has 0 aliphatic rings. The van der Waals surface area contributed by atoms with E-state index in [4.69, 9.17) is 11.6 Å². The average molecular weight is 362 g/mol. The molecule has 0 bridgehead atoms. The van der Waals surface area contributed by atoms with Gasteiger partial charge in [0, 0.05) is 11.9 Å². The molecule has 0 spiro atoms. The summed E-state index contributed by atoms with van der Waals surface area (Å²) in [6.45, 7) is 5.29. The number of nitrogens with zero attached hydrogens (tertiary/aromatic N) is 2. The number of halogens is 1. The summed E-state index contributed by atoms with van der Waals surface area (Å²) >= 11 is 6.04. The van der Waals surface area contributed by atoms with Crippen LogP contribution < -0.4 is 5.32 Å². The molecule has 0 saturated heterocycles. The standard InChI is InChI=1S/C21H32ClN3/c1-3-4-5-6-7-8-9-10-11-12-15-23-20-18-16-17(2)13-14-19(18)24-21(22)25-20/h13-14,16H,3-12,15H2,1-2H3,(H,23,24,25). The van der Waals surface area contributed by atoms with Crippen molar-refractivity contribution in [3.63, 3.8) is 0 Å². The maximum atomic E-state index is 6.04. The predicted molar refractivity (Wildman–Crippen MR) is 110 cm³/mol. The molecule has 2 aromatic rings. The lowest BCUT2D eigenvalue weighted by Gasteiger charge is -2.09. The number of aryl methyl sites for hydroxylation is 1. The molecule has 0 fully saturated rings. The highest BCUT2D eigenvalue weighted by molar-refractivity contribution is 6.28. The number of anilines is 1. The molecule has 2 rings (SSSR count). The van der Waals surface area contributed by atoms with Gasteiger partial charge in [-0.05, 0) is 37.1 Å². The first-order chi connectivity index (χ1) is 12.2. The number of rotatable bonds is 12. The lowest BCUT2D eigenvalue weighted by Crippen LogP contribution is -2.05. The summed E-state index contributed by atoms with van der Waals surface area (Å²) in [7, 11) is 0. The molecule has 1 heterocycles. The summed E-state index contributed by atoms with van der Waals surface area (Å²) in [4.78, 5) is 8.66. The summed E-state index contributed by atoms with van der Waals surface area (Å²) < 4.78 is 0. The van der Waals surface area contributed by atoms with Crippen molar-refractivity contribution < 1.29 is 0 Å². The third-order valence-corrected chi connectivity index (χ3v) is 4.82. The smallest absolute Gasteiger partial charge is 0.224 e. The number of nitrogens with one attached hydrogen (secondary N) is 1. The van der Waals surface area contributed by atoms with Gasteiger partial charge in [0.25, 0.3) is 0 Å². The van der Waals surface area contributed by atoms with Gasteiger partial charge in [-0.1, -0.05) is 76.3 Å².